The topological polar surface area (TPSA) is 72.0 Å². The van der Waals surface area contributed by atoms with Gasteiger partial charge in [0, 0.05) is 38.5 Å². The second-order valence-electron chi connectivity index (χ2n) is 8.59. The van der Waals surface area contributed by atoms with Crippen molar-refractivity contribution < 1.29 is 0 Å². The van der Waals surface area contributed by atoms with Gasteiger partial charge in [-0.05, 0) is 31.7 Å². The summed E-state index contributed by atoms with van der Waals surface area (Å²) < 4.78 is 2.41. The molecule has 0 spiro atoms. The Morgan fingerprint density at radius 3 is 2.58 bits per heavy atom. The molecule has 3 N–H and O–H groups in total. The summed E-state index contributed by atoms with van der Waals surface area (Å²) in [5.74, 6) is 1.68. The monoisotopic (exact) mass is 424 g/mol. The number of hydrogen-bond acceptors (Lipinski definition) is 5. The molecule has 31 heavy (non-hydrogen) atoms. The van der Waals surface area contributed by atoms with Crippen molar-refractivity contribution >= 4 is 27.8 Å². The van der Waals surface area contributed by atoms with Crippen molar-refractivity contribution in [1.82, 2.24) is 25.0 Å². The number of imidazole rings is 1. The molecule has 0 fully saturated rings. The number of pyridine rings is 1. The number of hydrazine groups is 1. The number of rotatable bonds is 14. The molecule has 0 radical (unpaired) electrons. The Bertz CT molecular complexity index is 948. The van der Waals surface area contributed by atoms with Crippen LogP contribution in [0.2, 0.25) is 0 Å². The molecule has 2 heterocycles. The number of anilines is 1. The third-order valence-electron chi connectivity index (χ3n) is 5.98. The molecule has 0 aliphatic rings. The summed E-state index contributed by atoms with van der Waals surface area (Å²) in [5.41, 5.74) is 12.8. The fraction of sp³-hybridized carbons (Fsp3) is 0.600. The van der Waals surface area contributed by atoms with Crippen LogP contribution >= 0.6 is 0 Å². The SMILES string of the molecule is CCCCCCNN(C)CCCCn1c(CCCC)nc2c(N)nc3ccccc3c21. The standard InChI is InChI=1S/C25H40N6/c1-4-6-8-11-17-27-30(3)18-12-13-19-31-22(16-7-5-2)29-23-24(31)20-14-9-10-15-21(20)28-25(23)26/h9-10,14-15,27H,4-8,11-13,16-19H2,1-3H3,(H2,26,28). The van der Waals surface area contributed by atoms with Crippen molar-refractivity contribution in [3.05, 3.63) is 30.1 Å². The summed E-state index contributed by atoms with van der Waals surface area (Å²) in [6, 6.07) is 8.27. The molecule has 6 heteroatoms. The van der Waals surface area contributed by atoms with Gasteiger partial charge in [0.2, 0.25) is 0 Å². The van der Waals surface area contributed by atoms with Gasteiger partial charge in [-0.2, -0.15) is 0 Å². The van der Waals surface area contributed by atoms with E-state index in [1.54, 1.807) is 0 Å². The van der Waals surface area contributed by atoms with Crippen LogP contribution in [-0.2, 0) is 13.0 Å². The van der Waals surface area contributed by atoms with Gasteiger partial charge in [0.15, 0.2) is 5.82 Å². The van der Waals surface area contributed by atoms with Gasteiger partial charge in [0.05, 0.1) is 11.0 Å². The van der Waals surface area contributed by atoms with E-state index in [-0.39, 0.29) is 0 Å². The number of nitrogens with zero attached hydrogens (tertiary/aromatic N) is 4. The largest absolute Gasteiger partial charge is 0.382 e. The van der Waals surface area contributed by atoms with Crippen molar-refractivity contribution in [2.45, 2.75) is 78.2 Å². The second-order valence-corrected chi connectivity index (χ2v) is 8.59. The van der Waals surface area contributed by atoms with Crippen LogP contribution in [0.15, 0.2) is 24.3 Å². The van der Waals surface area contributed by atoms with Gasteiger partial charge in [0.25, 0.3) is 0 Å². The van der Waals surface area contributed by atoms with Crippen molar-refractivity contribution in [2.24, 2.45) is 0 Å². The van der Waals surface area contributed by atoms with Crippen LogP contribution in [0, 0.1) is 0 Å². The highest BCUT2D eigenvalue weighted by Gasteiger charge is 2.16. The molecule has 6 nitrogen and oxygen atoms in total. The molecule has 2 aromatic heterocycles. The van der Waals surface area contributed by atoms with Gasteiger partial charge in [0.1, 0.15) is 11.3 Å². The molecule has 0 saturated carbocycles. The van der Waals surface area contributed by atoms with Crippen LogP contribution in [-0.4, -0.2) is 39.7 Å². The van der Waals surface area contributed by atoms with E-state index in [2.05, 4.69) is 53.0 Å². The number of fused-ring (bicyclic) bond motifs is 3. The van der Waals surface area contributed by atoms with Gasteiger partial charge in [-0.25, -0.2) is 15.0 Å². The number of nitrogen functional groups attached to an aromatic ring is 1. The van der Waals surface area contributed by atoms with Crippen LogP contribution in [0.1, 0.15) is 71.0 Å². The fourth-order valence-electron chi connectivity index (χ4n) is 4.19. The third kappa shape index (κ3) is 6.17. The first-order valence-corrected chi connectivity index (χ1v) is 12.1. The van der Waals surface area contributed by atoms with Crippen molar-refractivity contribution in [1.29, 1.82) is 0 Å². The van der Waals surface area contributed by atoms with Gasteiger partial charge in [-0.1, -0.05) is 57.7 Å². The fourth-order valence-corrected chi connectivity index (χ4v) is 4.19. The Kier molecular flexibility index (Phi) is 9.10. The van der Waals surface area contributed by atoms with Crippen LogP contribution in [0.25, 0.3) is 21.9 Å². The normalized spacial score (nSPS) is 11.9. The van der Waals surface area contributed by atoms with E-state index < -0.39 is 0 Å². The molecular formula is C25H40N6. The molecule has 0 amide bonds. The van der Waals surface area contributed by atoms with Crippen LogP contribution in [0.4, 0.5) is 5.82 Å². The predicted octanol–water partition coefficient (Wildman–Crippen LogP) is 5.31. The highest BCUT2D eigenvalue weighted by Crippen LogP contribution is 2.29. The lowest BCUT2D eigenvalue weighted by Gasteiger charge is -2.18. The van der Waals surface area contributed by atoms with Crippen molar-refractivity contribution in [3.63, 3.8) is 0 Å². The summed E-state index contributed by atoms with van der Waals surface area (Å²) in [6.07, 6.45) is 10.7. The molecule has 170 valence electrons. The van der Waals surface area contributed by atoms with Crippen molar-refractivity contribution in [2.75, 3.05) is 25.9 Å². The van der Waals surface area contributed by atoms with Crippen molar-refractivity contribution in [3.8, 4) is 0 Å². The summed E-state index contributed by atoms with van der Waals surface area (Å²) in [7, 11) is 2.15. The summed E-state index contributed by atoms with van der Waals surface area (Å²) in [5, 5.41) is 3.39. The quantitative estimate of drug-likeness (QED) is 0.271. The van der Waals surface area contributed by atoms with Gasteiger partial charge < -0.3 is 10.3 Å². The Hall–Kier alpha value is -2.18. The molecule has 0 aliphatic carbocycles. The number of para-hydroxylation sites is 1. The van der Waals surface area contributed by atoms with E-state index in [1.807, 2.05) is 12.1 Å². The van der Waals surface area contributed by atoms with E-state index in [0.717, 1.165) is 79.5 Å². The van der Waals surface area contributed by atoms with E-state index in [4.69, 9.17) is 10.7 Å². The molecule has 0 saturated heterocycles. The zero-order valence-corrected chi connectivity index (χ0v) is 19.7. The van der Waals surface area contributed by atoms with Crippen LogP contribution < -0.4 is 11.2 Å². The van der Waals surface area contributed by atoms with Gasteiger partial charge in [-0.15, -0.1) is 0 Å². The lowest BCUT2D eigenvalue weighted by Crippen LogP contribution is -2.35. The summed E-state index contributed by atoms with van der Waals surface area (Å²) in [6.45, 7) is 7.57. The molecule has 0 unspecified atom stereocenters. The Balaban J connectivity index is 1.67. The number of unbranched alkanes of at least 4 members (excludes halogenated alkanes) is 5. The smallest absolute Gasteiger partial charge is 0.152 e. The zero-order valence-electron chi connectivity index (χ0n) is 19.7. The number of hydrogen-bond donors (Lipinski definition) is 2. The zero-order chi connectivity index (χ0) is 22.1. The molecule has 1 aromatic carbocycles. The van der Waals surface area contributed by atoms with Crippen LogP contribution in [0.3, 0.4) is 0 Å². The second kappa shape index (κ2) is 12.0. The average molecular weight is 425 g/mol. The Labute approximate surface area is 187 Å². The van der Waals surface area contributed by atoms with E-state index in [9.17, 15) is 0 Å². The molecule has 0 bridgehead atoms. The average Bonchev–Trinajstić information content (AvgIpc) is 3.14. The molecule has 3 aromatic rings. The maximum Gasteiger partial charge on any atom is 0.152 e. The minimum absolute atomic E-state index is 0.539. The third-order valence-corrected chi connectivity index (χ3v) is 5.98. The highest BCUT2D eigenvalue weighted by atomic mass is 15.5. The number of aromatic nitrogens is 3. The Morgan fingerprint density at radius 1 is 0.968 bits per heavy atom. The summed E-state index contributed by atoms with van der Waals surface area (Å²) in [4.78, 5) is 9.52. The number of benzene rings is 1. The van der Waals surface area contributed by atoms with E-state index >= 15 is 0 Å². The Morgan fingerprint density at radius 2 is 1.77 bits per heavy atom. The van der Waals surface area contributed by atoms with Gasteiger partial charge >= 0.3 is 0 Å². The van der Waals surface area contributed by atoms with Gasteiger partial charge in [-0.3, -0.25) is 5.43 Å². The minimum Gasteiger partial charge on any atom is -0.382 e. The first kappa shape index (κ1) is 23.5. The maximum atomic E-state index is 6.30. The highest BCUT2D eigenvalue weighted by molar-refractivity contribution is 6.06. The first-order chi connectivity index (χ1) is 15.2. The molecular weight excluding hydrogens is 384 g/mol. The van der Waals surface area contributed by atoms with E-state index in [1.165, 1.54) is 25.7 Å². The summed E-state index contributed by atoms with van der Waals surface area (Å²) >= 11 is 0. The maximum absolute atomic E-state index is 6.30. The molecule has 3 rings (SSSR count). The lowest BCUT2D eigenvalue weighted by molar-refractivity contribution is 0.227. The molecule has 0 atom stereocenters. The first-order valence-electron chi connectivity index (χ1n) is 12.1. The number of nitrogens with one attached hydrogen (secondary N) is 1. The predicted molar refractivity (Wildman–Crippen MR) is 132 cm³/mol. The van der Waals surface area contributed by atoms with Crippen LogP contribution in [0.5, 0.6) is 0 Å². The number of nitrogens with two attached hydrogens (primary N) is 1. The lowest BCUT2D eigenvalue weighted by atomic mass is 10.2. The minimum atomic E-state index is 0.539. The molecule has 0 aliphatic heterocycles. The van der Waals surface area contributed by atoms with E-state index in [0.29, 0.717) is 5.82 Å². The number of aryl methyl sites for hydroxylation is 2.